The number of phosphoric ester groups is 1. The van der Waals surface area contributed by atoms with Crippen molar-refractivity contribution in [1.29, 1.82) is 0 Å². The van der Waals surface area contributed by atoms with Crippen LogP contribution in [0.4, 0.5) is 55.3 Å². The Morgan fingerprint density at radius 1 is 0.655 bits per heavy atom. The zero-order chi connectivity index (χ0) is 43.4. The van der Waals surface area contributed by atoms with Crippen LogP contribution in [0.3, 0.4) is 0 Å². The number of phosphoric acid groups is 1. The van der Waals surface area contributed by atoms with Gasteiger partial charge in [0, 0.05) is 24.9 Å². The van der Waals surface area contributed by atoms with Gasteiger partial charge in [0.05, 0.1) is 23.2 Å². The van der Waals surface area contributed by atoms with Crippen molar-refractivity contribution in [2.45, 2.75) is 9.79 Å². The highest BCUT2D eigenvalue weighted by Gasteiger charge is 2.36. The van der Waals surface area contributed by atoms with Crippen molar-refractivity contribution in [1.82, 2.24) is 9.97 Å². The Morgan fingerprint density at radius 2 is 1.09 bits per heavy atom. The monoisotopic (exact) mass is 920 g/mol. The average Bonchev–Trinajstić information content (AvgIpc) is 3.77. The van der Waals surface area contributed by atoms with Crippen LogP contribution in [0.1, 0.15) is 0 Å². The number of rotatable bonds is 10. The topological polar surface area (TPSA) is 253 Å². The van der Waals surface area contributed by atoms with Crippen LogP contribution in [0.5, 0.6) is 23.0 Å². The SMILES string of the molecule is CP(=O)(O)Oc1cc(NS(=O)(=O)c2c(F)c(F)c(F)c(F)c2F)cc2c1OCO2.O=P(O)(O)Oc1cc(NS(=O)(=O)c2c(F)c(F)c(F)c(F)c2F)cc2[nH]cnc12. The number of sulfonamides is 2. The number of hydrogen-bond donors (Lipinski definition) is 6. The number of benzene rings is 4. The number of nitrogens with one attached hydrogen (secondary N) is 3. The van der Waals surface area contributed by atoms with Gasteiger partial charge in [0.2, 0.25) is 24.2 Å². The third-order valence-corrected chi connectivity index (χ3v) is 10.6. The van der Waals surface area contributed by atoms with Gasteiger partial charge in [0.25, 0.3) is 20.0 Å². The van der Waals surface area contributed by atoms with Gasteiger partial charge < -0.3 is 28.4 Å². The van der Waals surface area contributed by atoms with E-state index in [1.807, 2.05) is 0 Å². The van der Waals surface area contributed by atoms with Gasteiger partial charge in [-0.2, -0.15) is 0 Å². The van der Waals surface area contributed by atoms with E-state index in [0.29, 0.717) is 6.07 Å². The number of nitrogens with zero attached hydrogens (tertiary/aromatic N) is 1. The number of hydrogen-bond acceptors (Lipinski definition) is 11. The van der Waals surface area contributed by atoms with Gasteiger partial charge in [-0.1, -0.05) is 0 Å². The lowest BCUT2D eigenvalue weighted by atomic mass is 10.2. The van der Waals surface area contributed by atoms with E-state index >= 15 is 0 Å². The van der Waals surface area contributed by atoms with Crippen LogP contribution in [0.25, 0.3) is 11.0 Å². The summed E-state index contributed by atoms with van der Waals surface area (Å²) in [6, 6.07) is 3.39. The first-order valence-corrected chi connectivity index (χ1v) is 20.9. The fourth-order valence-electron chi connectivity index (χ4n) is 4.62. The molecule has 4 aromatic carbocycles. The average molecular weight is 921 g/mol. The minimum atomic E-state index is -5.38. The summed E-state index contributed by atoms with van der Waals surface area (Å²) in [5.74, 6) is -26.7. The first kappa shape index (κ1) is 43.8. The molecule has 58 heavy (non-hydrogen) atoms. The van der Waals surface area contributed by atoms with Crippen LogP contribution in [-0.2, 0) is 29.2 Å². The van der Waals surface area contributed by atoms with E-state index in [4.69, 9.17) is 23.8 Å². The second-order valence-corrected chi connectivity index (χ2v) is 17.2. The van der Waals surface area contributed by atoms with E-state index in [1.165, 1.54) is 0 Å². The summed E-state index contributed by atoms with van der Waals surface area (Å²) >= 11 is 0. The maximum Gasteiger partial charge on any atom is 0.524 e. The molecule has 0 radical (unpaired) electrons. The molecular weight excluding hydrogens is 904 g/mol. The maximum absolute atomic E-state index is 13.8. The first-order chi connectivity index (χ1) is 26.6. The number of anilines is 2. The van der Waals surface area contributed by atoms with E-state index in [1.54, 1.807) is 9.44 Å². The Labute approximate surface area is 315 Å². The van der Waals surface area contributed by atoms with Crippen LogP contribution in [0.2, 0.25) is 0 Å². The van der Waals surface area contributed by atoms with Gasteiger partial charge in [0.15, 0.2) is 73.6 Å². The summed E-state index contributed by atoms with van der Waals surface area (Å²) in [6.45, 7) is 0.444. The van der Waals surface area contributed by atoms with E-state index in [-0.39, 0.29) is 29.3 Å². The molecule has 1 unspecified atom stereocenters. The molecule has 0 fully saturated rings. The summed E-state index contributed by atoms with van der Waals surface area (Å²) in [5.41, 5.74) is -1.31. The largest absolute Gasteiger partial charge is 0.524 e. The summed E-state index contributed by atoms with van der Waals surface area (Å²) in [4.78, 5) is 29.1. The second-order valence-electron chi connectivity index (χ2n) is 11.0. The Bertz CT molecular complexity index is 2780. The Balaban J connectivity index is 0.000000221. The van der Waals surface area contributed by atoms with Gasteiger partial charge in [-0.05, 0) is 6.07 Å². The lowest BCUT2D eigenvalue weighted by Gasteiger charge is -2.14. The second kappa shape index (κ2) is 15.5. The predicted octanol–water partition coefficient (Wildman–Crippen LogP) is 5.64. The minimum Gasteiger partial charge on any atom is -0.453 e. The molecule has 0 aliphatic carbocycles. The minimum absolute atomic E-state index is 0.0361. The number of aromatic amines is 1. The van der Waals surface area contributed by atoms with Crippen LogP contribution in [0.15, 0.2) is 40.4 Å². The van der Waals surface area contributed by atoms with Gasteiger partial charge in [-0.25, -0.2) is 74.9 Å². The highest BCUT2D eigenvalue weighted by Crippen LogP contribution is 2.50. The lowest BCUT2D eigenvalue weighted by molar-refractivity contribution is 0.172. The van der Waals surface area contributed by atoms with E-state index in [2.05, 4.69) is 14.5 Å². The highest BCUT2D eigenvalue weighted by atomic mass is 32.2. The van der Waals surface area contributed by atoms with E-state index in [0.717, 1.165) is 31.2 Å². The zero-order valence-corrected chi connectivity index (χ0v) is 30.9. The van der Waals surface area contributed by atoms with E-state index in [9.17, 15) is 74.8 Å². The molecule has 0 amide bonds. The molecule has 2 heterocycles. The molecule has 6 N–H and O–H groups in total. The van der Waals surface area contributed by atoms with Crippen LogP contribution < -0.4 is 28.0 Å². The molecule has 0 saturated carbocycles. The third-order valence-electron chi connectivity index (χ3n) is 6.79. The zero-order valence-electron chi connectivity index (χ0n) is 27.5. The summed E-state index contributed by atoms with van der Waals surface area (Å²) in [5, 5.41) is 0. The molecule has 1 atom stereocenters. The molecule has 17 nitrogen and oxygen atoms in total. The number of fused-ring (bicyclic) bond motifs is 2. The molecule has 1 aliphatic rings. The van der Waals surface area contributed by atoms with Crippen LogP contribution in [-0.4, -0.2) is 54.9 Å². The molecule has 0 saturated heterocycles. The van der Waals surface area contributed by atoms with Crippen molar-refractivity contribution < 1.29 is 103 Å². The predicted molar refractivity (Wildman–Crippen MR) is 172 cm³/mol. The molecule has 314 valence electrons. The van der Waals surface area contributed by atoms with Gasteiger partial charge in [-0.15, -0.1) is 0 Å². The van der Waals surface area contributed by atoms with Crippen molar-refractivity contribution in [3.8, 4) is 23.0 Å². The molecule has 0 bridgehead atoms. The molecule has 1 aromatic heterocycles. The smallest absolute Gasteiger partial charge is 0.453 e. The highest BCUT2D eigenvalue weighted by molar-refractivity contribution is 7.93. The van der Waals surface area contributed by atoms with Gasteiger partial charge in [0.1, 0.15) is 5.52 Å². The Hall–Kier alpha value is -5.31. The van der Waals surface area contributed by atoms with Crippen molar-refractivity contribution >= 4 is 57.9 Å². The fraction of sp³-hybridized carbons (Fsp3) is 0.0741. The van der Waals surface area contributed by atoms with Crippen molar-refractivity contribution in [3.05, 3.63) is 88.8 Å². The first-order valence-electron chi connectivity index (χ1n) is 14.4. The van der Waals surface area contributed by atoms with Crippen LogP contribution in [0, 0.1) is 58.2 Å². The molecule has 31 heteroatoms. The van der Waals surface area contributed by atoms with Crippen LogP contribution >= 0.6 is 15.4 Å². The molecule has 1 aliphatic heterocycles. The summed E-state index contributed by atoms with van der Waals surface area (Å²) in [7, 11) is -20.0. The third kappa shape index (κ3) is 8.88. The fourth-order valence-corrected chi connectivity index (χ4v) is 7.87. The summed E-state index contributed by atoms with van der Waals surface area (Å²) < 4.78 is 229. The Morgan fingerprint density at radius 3 is 1.53 bits per heavy atom. The van der Waals surface area contributed by atoms with Gasteiger partial charge >= 0.3 is 15.4 Å². The molecule has 5 aromatic rings. The normalized spacial score (nSPS) is 13.8. The Kier molecular flexibility index (Phi) is 11.7. The number of H-pyrrole nitrogens is 1. The standard InChI is InChI=1S/C14H9F5NO7PS.C13H7F5N3O6PS/c1-28(21,22)27-7-3-5(2-6-13(7)26-4-25-6)20-29(23,24)14-11(18)9(16)8(15)10(17)12(14)19;14-7-8(15)10(17)13(11(18)9(7)16)29(25,26)21-4-1-5-12(20-3-19-5)6(2-4)27-28(22,23)24/h2-3,20H,4H2,1H3,(H,21,22);1-3,21H,(H,19,20)(H2,22,23,24). The number of halogens is 10. The van der Waals surface area contributed by atoms with Crippen molar-refractivity contribution in [2.24, 2.45) is 0 Å². The lowest BCUT2D eigenvalue weighted by Crippen LogP contribution is -2.19. The number of imidazole rings is 1. The van der Waals surface area contributed by atoms with E-state index < -0.39 is 126 Å². The van der Waals surface area contributed by atoms with Crippen molar-refractivity contribution in [2.75, 3.05) is 22.9 Å². The molecular formula is C27H16F10N4O13P2S2. The van der Waals surface area contributed by atoms with Gasteiger partial charge in [-0.3, -0.25) is 19.2 Å². The molecule has 6 rings (SSSR count). The quantitative estimate of drug-likeness (QED) is 0.0430. The number of aromatic nitrogens is 2. The molecule has 0 spiro atoms. The maximum atomic E-state index is 13.8. The van der Waals surface area contributed by atoms with Crippen molar-refractivity contribution in [3.63, 3.8) is 0 Å². The summed E-state index contributed by atoms with van der Waals surface area (Å²) in [6.07, 6.45) is 1.06. The number of ether oxygens (including phenoxy) is 2.